The summed E-state index contributed by atoms with van der Waals surface area (Å²) in [4.78, 5) is 0. The first-order chi connectivity index (χ1) is 19.4. The molecule has 2 saturated heterocycles. The highest BCUT2D eigenvalue weighted by Gasteiger charge is 2.54. The van der Waals surface area contributed by atoms with Crippen LogP contribution in [0.25, 0.3) is 0 Å². The molecule has 4 aromatic rings. The topological polar surface area (TPSA) is 66.4 Å². The van der Waals surface area contributed by atoms with Crippen molar-refractivity contribution in [1.82, 2.24) is 0 Å². The van der Waals surface area contributed by atoms with Gasteiger partial charge in [0.15, 0.2) is 0 Å². The molecule has 0 amide bonds. The van der Waals surface area contributed by atoms with Gasteiger partial charge in [0.25, 0.3) is 0 Å². The molecule has 0 unspecified atom stereocenters. The first-order valence-electron chi connectivity index (χ1n) is 13.8. The van der Waals surface area contributed by atoms with Crippen molar-refractivity contribution in [2.75, 3.05) is 27.2 Å². The van der Waals surface area contributed by atoms with Crippen LogP contribution in [0.2, 0.25) is 0 Å². The predicted octanol–water partition coefficient (Wildman–Crippen LogP) is 1.15. The molecular formula is C29H32B4NO6-. The fraction of sp³-hybridized carbons (Fsp3) is 0.172. The van der Waals surface area contributed by atoms with Crippen LogP contribution < -0.4 is 21.9 Å². The van der Waals surface area contributed by atoms with Crippen molar-refractivity contribution in [3.63, 3.8) is 0 Å². The van der Waals surface area contributed by atoms with Crippen LogP contribution >= 0.6 is 0 Å². The van der Waals surface area contributed by atoms with Crippen LogP contribution in [0.4, 0.5) is 0 Å². The van der Waals surface area contributed by atoms with E-state index in [2.05, 4.69) is 20.2 Å². The van der Waals surface area contributed by atoms with Crippen LogP contribution in [0.15, 0.2) is 115 Å². The average Bonchev–Trinajstić information content (AvgIpc) is 2.98. The third kappa shape index (κ3) is 5.30. The lowest BCUT2D eigenvalue weighted by Crippen LogP contribution is -2.83. The molecule has 40 heavy (non-hydrogen) atoms. The van der Waals surface area contributed by atoms with E-state index in [1.807, 2.05) is 109 Å². The number of aliphatic hydroxyl groups is 1. The predicted molar refractivity (Wildman–Crippen MR) is 161 cm³/mol. The smallest absolute Gasteiger partial charge is 0.408 e. The van der Waals surface area contributed by atoms with Crippen molar-refractivity contribution in [2.45, 2.75) is 6.54 Å². The molecule has 7 nitrogen and oxygen atoms in total. The lowest BCUT2D eigenvalue weighted by molar-refractivity contribution is -0.903. The van der Waals surface area contributed by atoms with Gasteiger partial charge in [-0.15, -0.1) is 10.9 Å². The van der Waals surface area contributed by atoms with Gasteiger partial charge in [-0.2, -0.15) is 0 Å². The zero-order valence-electron chi connectivity index (χ0n) is 22.8. The minimum Gasteiger partial charge on any atom is -0.723 e. The van der Waals surface area contributed by atoms with Gasteiger partial charge in [0.2, 0.25) is 0 Å². The average molecular weight is 534 g/mol. The molecule has 1 N–H and O–H groups in total. The maximum absolute atomic E-state index is 9.70. The number of rotatable bonds is 8. The van der Waals surface area contributed by atoms with Crippen LogP contribution in [0.5, 0.6) is 0 Å². The SMILES string of the molecule is C[N+](C)(CCO)Cc1ccccc1[B-]12OB(c3ccccc3)O[B-](c3ccccc3)(OB(c3ccccc3)O1)O2. The van der Waals surface area contributed by atoms with E-state index >= 15 is 0 Å². The van der Waals surface area contributed by atoms with Crippen molar-refractivity contribution in [3.05, 3.63) is 121 Å². The first kappa shape index (κ1) is 27.1. The van der Waals surface area contributed by atoms with E-state index in [-0.39, 0.29) is 6.61 Å². The second kappa shape index (κ2) is 11.0. The number of fused-ring (bicyclic) bond motifs is 2. The zero-order valence-corrected chi connectivity index (χ0v) is 22.8. The Morgan fingerprint density at radius 2 is 1.10 bits per heavy atom. The Labute approximate surface area is 236 Å². The molecule has 2 bridgehead atoms. The van der Waals surface area contributed by atoms with E-state index in [9.17, 15) is 5.11 Å². The Kier molecular flexibility index (Phi) is 7.46. The molecule has 202 valence electrons. The summed E-state index contributed by atoms with van der Waals surface area (Å²) < 4.78 is 34.4. The Hall–Kier alpha value is -3.14. The minimum absolute atomic E-state index is 0.0863. The van der Waals surface area contributed by atoms with E-state index in [0.717, 1.165) is 27.4 Å². The quantitative estimate of drug-likeness (QED) is 0.271. The molecule has 2 aliphatic rings. The minimum atomic E-state index is -2.58. The van der Waals surface area contributed by atoms with Gasteiger partial charge in [-0.1, -0.05) is 115 Å². The molecule has 0 aromatic heterocycles. The lowest BCUT2D eigenvalue weighted by Gasteiger charge is -2.68. The van der Waals surface area contributed by atoms with Crippen molar-refractivity contribution in [3.8, 4) is 0 Å². The van der Waals surface area contributed by atoms with E-state index < -0.39 is 27.7 Å². The number of hydrogen-bond donors (Lipinski definition) is 1. The summed E-state index contributed by atoms with van der Waals surface area (Å²) in [6, 6.07) is 37.4. The van der Waals surface area contributed by atoms with E-state index in [4.69, 9.17) is 22.9 Å². The van der Waals surface area contributed by atoms with Gasteiger partial charge in [-0.05, 0) is 16.5 Å². The molecule has 0 saturated carbocycles. The van der Waals surface area contributed by atoms with Gasteiger partial charge in [-0.3, -0.25) is 0 Å². The summed E-state index contributed by atoms with van der Waals surface area (Å²) in [6.45, 7) is -3.78. The molecule has 0 spiro atoms. The number of aliphatic hydroxyl groups excluding tert-OH is 1. The van der Waals surface area contributed by atoms with Crippen LogP contribution in [0.1, 0.15) is 5.56 Å². The maximum atomic E-state index is 9.70. The Morgan fingerprint density at radius 1 is 0.625 bits per heavy atom. The largest absolute Gasteiger partial charge is 0.723 e. The summed E-state index contributed by atoms with van der Waals surface area (Å²) in [6.07, 6.45) is 0. The highest BCUT2D eigenvalue weighted by Crippen LogP contribution is 2.33. The van der Waals surface area contributed by atoms with Crippen LogP contribution in [-0.2, 0) is 29.4 Å². The fourth-order valence-corrected chi connectivity index (χ4v) is 5.66. The Morgan fingerprint density at radius 3 is 1.65 bits per heavy atom. The van der Waals surface area contributed by atoms with Gasteiger partial charge in [0.1, 0.15) is 13.1 Å². The summed E-state index contributed by atoms with van der Waals surface area (Å²) in [5, 5.41) is 9.70. The fourth-order valence-electron chi connectivity index (χ4n) is 5.66. The number of hydrogen-bond acceptors (Lipinski definition) is 6. The number of quaternary nitrogens is 1. The van der Waals surface area contributed by atoms with Gasteiger partial charge in [0, 0.05) is 0 Å². The molecule has 2 fully saturated rings. The van der Waals surface area contributed by atoms with E-state index in [1.165, 1.54) is 0 Å². The van der Waals surface area contributed by atoms with Gasteiger partial charge in [0.05, 0.1) is 20.7 Å². The number of nitrogens with zero attached hydrogens (tertiary/aromatic N) is 1. The molecule has 2 aliphatic heterocycles. The molecule has 2 heterocycles. The Balaban J connectivity index is 1.54. The maximum Gasteiger partial charge on any atom is 0.408 e. The van der Waals surface area contributed by atoms with Gasteiger partial charge < -0.3 is 32.4 Å². The van der Waals surface area contributed by atoms with E-state index in [0.29, 0.717) is 17.6 Å². The van der Waals surface area contributed by atoms with Crippen LogP contribution in [0.3, 0.4) is 0 Å². The second-order valence-electron chi connectivity index (χ2n) is 11.1. The molecule has 0 radical (unpaired) electrons. The third-order valence-electron chi connectivity index (χ3n) is 7.66. The molecule has 6 rings (SSSR count). The lowest BCUT2D eigenvalue weighted by atomic mass is 9.48. The highest BCUT2D eigenvalue weighted by molar-refractivity contribution is 7.03. The molecule has 0 atom stereocenters. The van der Waals surface area contributed by atoms with Crippen LogP contribution in [0, 0.1) is 0 Å². The van der Waals surface area contributed by atoms with Crippen molar-refractivity contribution in [1.29, 1.82) is 0 Å². The number of likely N-dealkylation sites (N-methyl/N-ethyl adjacent to an activating group) is 1. The molecule has 11 heteroatoms. The zero-order chi connectivity index (χ0) is 27.6. The second-order valence-corrected chi connectivity index (χ2v) is 11.1. The third-order valence-corrected chi connectivity index (χ3v) is 7.66. The van der Waals surface area contributed by atoms with Crippen molar-refractivity contribution >= 4 is 49.6 Å². The number of benzene rings is 4. The summed E-state index contributed by atoms with van der Waals surface area (Å²) in [7, 11) is 2.57. The summed E-state index contributed by atoms with van der Waals surface area (Å²) in [5.41, 5.74) is 4.22. The van der Waals surface area contributed by atoms with E-state index in [1.54, 1.807) is 0 Å². The normalized spacial score (nSPS) is 22.8. The summed E-state index contributed by atoms with van der Waals surface area (Å²) >= 11 is 0. The monoisotopic (exact) mass is 534 g/mol. The molecule has 0 aliphatic carbocycles. The summed E-state index contributed by atoms with van der Waals surface area (Å²) in [5.74, 6) is 0. The molecule has 4 aromatic carbocycles. The first-order valence-corrected chi connectivity index (χ1v) is 13.8. The highest BCUT2D eigenvalue weighted by atomic mass is 16.9. The van der Waals surface area contributed by atoms with Gasteiger partial charge >= 0.3 is 27.7 Å². The van der Waals surface area contributed by atoms with Crippen molar-refractivity contribution < 1.29 is 32.4 Å². The van der Waals surface area contributed by atoms with Crippen molar-refractivity contribution in [2.24, 2.45) is 0 Å². The molecular weight excluding hydrogens is 502 g/mol. The standard InChI is InChI=1S/C29H32B4NO6/c1-34(2,22-23-35)24-25-14-12-13-21-29(25)33-38-30(26-15-6-3-7-16-26)36-32(40-33,28-19-10-5-11-20-28)37-31(39-33)27-17-8-4-9-18-27/h3-21,35H,22-24H2,1-2H3/q-1. The van der Waals surface area contributed by atoms with Crippen LogP contribution in [-0.4, -0.2) is 64.6 Å². The Bertz CT molecular complexity index is 1380. The van der Waals surface area contributed by atoms with Gasteiger partial charge in [-0.25, -0.2) is 0 Å².